The van der Waals surface area contributed by atoms with Gasteiger partial charge in [0.15, 0.2) is 0 Å². The number of amides is 1. The van der Waals surface area contributed by atoms with Crippen LogP contribution in [-0.4, -0.2) is 13.0 Å². The van der Waals surface area contributed by atoms with E-state index in [1.807, 2.05) is 6.07 Å². The van der Waals surface area contributed by atoms with Crippen LogP contribution in [0.25, 0.3) is 0 Å². The fourth-order valence-electron chi connectivity index (χ4n) is 2.65. The topological polar surface area (TPSA) is 29.1 Å². The first-order valence-electron chi connectivity index (χ1n) is 5.60. The van der Waals surface area contributed by atoms with Gasteiger partial charge in [-0.15, -0.1) is 0 Å². The summed E-state index contributed by atoms with van der Waals surface area (Å²) in [5.41, 5.74) is 1.57. The molecule has 1 N–H and O–H groups in total. The summed E-state index contributed by atoms with van der Waals surface area (Å²) in [4.78, 5) is 10.4. The Hall–Kier alpha value is -1.31. The summed E-state index contributed by atoms with van der Waals surface area (Å²) in [6.45, 7) is 0.778. The lowest BCUT2D eigenvalue weighted by molar-refractivity contribution is -0.109. The largest absolute Gasteiger partial charge is 0.358 e. The molecule has 0 heterocycles. The van der Waals surface area contributed by atoms with Crippen molar-refractivity contribution in [3.05, 3.63) is 35.9 Å². The van der Waals surface area contributed by atoms with Crippen molar-refractivity contribution in [3.8, 4) is 0 Å². The molecule has 1 aliphatic carbocycles. The molecule has 1 saturated carbocycles. The van der Waals surface area contributed by atoms with Gasteiger partial charge >= 0.3 is 0 Å². The molecule has 0 unspecified atom stereocenters. The molecule has 0 radical (unpaired) electrons. The molecule has 1 amide bonds. The van der Waals surface area contributed by atoms with Crippen LogP contribution in [0.5, 0.6) is 0 Å². The summed E-state index contributed by atoms with van der Waals surface area (Å²) in [6.07, 6.45) is 5.74. The summed E-state index contributed by atoms with van der Waals surface area (Å²) < 4.78 is 0. The van der Waals surface area contributed by atoms with Crippen molar-refractivity contribution >= 4 is 6.41 Å². The molecule has 0 aromatic heterocycles. The highest BCUT2D eigenvalue weighted by Crippen LogP contribution is 2.40. The van der Waals surface area contributed by atoms with Crippen molar-refractivity contribution < 1.29 is 4.79 Å². The smallest absolute Gasteiger partial charge is 0.207 e. The summed E-state index contributed by atoms with van der Waals surface area (Å²) in [5, 5.41) is 2.85. The van der Waals surface area contributed by atoms with Gasteiger partial charge in [-0.25, -0.2) is 0 Å². The third-order valence-electron chi connectivity index (χ3n) is 3.47. The van der Waals surface area contributed by atoms with Gasteiger partial charge in [-0.05, 0) is 18.4 Å². The van der Waals surface area contributed by atoms with Gasteiger partial charge in [0.05, 0.1) is 0 Å². The maximum Gasteiger partial charge on any atom is 0.207 e. The molecule has 1 aliphatic rings. The van der Waals surface area contributed by atoms with Gasteiger partial charge in [-0.2, -0.15) is 0 Å². The number of rotatable bonds is 4. The van der Waals surface area contributed by atoms with Crippen molar-refractivity contribution in [2.45, 2.75) is 31.1 Å². The van der Waals surface area contributed by atoms with Crippen LogP contribution in [0, 0.1) is 0 Å². The van der Waals surface area contributed by atoms with Crippen molar-refractivity contribution in [2.24, 2.45) is 0 Å². The Labute approximate surface area is 90.7 Å². The molecule has 1 aromatic carbocycles. The van der Waals surface area contributed by atoms with Crippen LogP contribution in [0.1, 0.15) is 31.2 Å². The van der Waals surface area contributed by atoms with Crippen molar-refractivity contribution in [1.82, 2.24) is 5.32 Å². The average molecular weight is 203 g/mol. The Bertz CT molecular complexity index is 315. The molecular formula is C13H17NO. The van der Waals surface area contributed by atoms with Gasteiger partial charge in [0.2, 0.25) is 6.41 Å². The van der Waals surface area contributed by atoms with E-state index in [4.69, 9.17) is 0 Å². The first kappa shape index (κ1) is 10.2. The molecule has 1 aromatic rings. The van der Waals surface area contributed by atoms with E-state index < -0.39 is 0 Å². The van der Waals surface area contributed by atoms with E-state index in [0.29, 0.717) is 0 Å². The molecule has 2 heteroatoms. The second-order valence-electron chi connectivity index (χ2n) is 4.35. The number of nitrogens with one attached hydrogen (secondary N) is 1. The molecule has 2 nitrogen and oxygen atoms in total. The highest BCUT2D eigenvalue weighted by molar-refractivity contribution is 5.46. The number of hydrogen-bond acceptors (Lipinski definition) is 1. The van der Waals surface area contributed by atoms with Gasteiger partial charge in [-0.1, -0.05) is 43.2 Å². The molecule has 15 heavy (non-hydrogen) atoms. The highest BCUT2D eigenvalue weighted by Gasteiger charge is 2.34. The van der Waals surface area contributed by atoms with E-state index in [9.17, 15) is 4.79 Å². The fraction of sp³-hybridized carbons (Fsp3) is 0.462. The zero-order valence-corrected chi connectivity index (χ0v) is 8.91. The number of hydrogen-bond donors (Lipinski definition) is 1. The van der Waals surface area contributed by atoms with Gasteiger partial charge < -0.3 is 5.32 Å². The maximum atomic E-state index is 10.4. The zero-order valence-electron chi connectivity index (χ0n) is 8.91. The highest BCUT2D eigenvalue weighted by atomic mass is 16.1. The monoisotopic (exact) mass is 203 g/mol. The third kappa shape index (κ3) is 2.04. The first-order chi connectivity index (χ1) is 7.37. The second-order valence-corrected chi connectivity index (χ2v) is 4.35. The SMILES string of the molecule is O=CNCC1(c2ccccc2)CCCC1. The van der Waals surface area contributed by atoms with Crippen LogP contribution in [0.4, 0.5) is 0 Å². The first-order valence-corrected chi connectivity index (χ1v) is 5.60. The minimum atomic E-state index is 0.197. The molecule has 0 aliphatic heterocycles. The van der Waals surface area contributed by atoms with E-state index in [2.05, 4.69) is 29.6 Å². The van der Waals surface area contributed by atoms with E-state index >= 15 is 0 Å². The van der Waals surface area contributed by atoms with E-state index in [0.717, 1.165) is 13.0 Å². The minimum absolute atomic E-state index is 0.197. The molecular weight excluding hydrogens is 186 g/mol. The Kier molecular flexibility index (Phi) is 3.05. The van der Waals surface area contributed by atoms with E-state index in [1.54, 1.807) is 0 Å². The lowest BCUT2D eigenvalue weighted by atomic mass is 9.79. The summed E-state index contributed by atoms with van der Waals surface area (Å²) in [5.74, 6) is 0. The van der Waals surface area contributed by atoms with Crippen LogP contribution in [0.2, 0.25) is 0 Å². The number of carbonyl (C=O) groups is 1. The van der Waals surface area contributed by atoms with Gasteiger partial charge in [-0.3, -0.25) is 4.79 Å². The minimum Gasteiger partial charge on any atom is -0.358 e. The van der Waals surface area contributed by atoms with Gasteiger partial charge in [0, 0.05) is 12.0 Å². The van der Waals surface area contributed by atoms with Crippen LogP contribution < -0.4 is 5.32 Å². The Balaban J connectivity index is 2.22. The van der Waals surface area contributed by atoms with E-state index in [1.165, 1.54) is 31.2 Å². The molecule has 2 rings (SSSR count). The van der Waals surface area contributed by atoms with Crippen LogP contribution >= 0.6 is 0 Å². The molecule has 0 atom stereocenters. The second kappa shape index (κ2) is 4.47. The predicted octanol–water partition coefficient (Wildman–Crippen LogP) is 2.24. The quantitative estimate of drug-likeness (QED) is 0.747. The Morgan fingerprint density at radius 2 is 1.87 bits per heavy atom. The lowest BCUT2D eigenvalue weighted by Crippen LogP contribution is -2.35. The Morgan fingerprint density at radius 1 is 1.20 bits per heavy atom. The lowest BCUT2D eigenvalue weighted by Gasteiger charge is -2.29. The number of benzene rings is 1. The van der Waals surface area contributed by atoms with Crippen molar-refractivity contribution in [3.63, 3.8) is 0 Å². The Morgan fingerprint density at radius 3 is 2.47 bits per heavy atom. The summed E-state index contributed by atoms with van der Waals surface area (Å²) >= 11 is 0. The van der Waals surface area contributed by atoms with Crippen molar-refractivity contribution in [1.29, 1.82) is 0 Å². The van der Waals surface area contributed by atoms with Crippen molar-refractivity contribution in [2.75, 3.05) is 6.54 Å². The molecule has 0 spiro atoms. The average Bonchev–Trinajstić information content (AvgIpc) is 2.78. The summed E-state index contributed by atoms with van der Waals surface area (Å²) in [7, 11) is 0. The molecule has 0 saturated heterocycles. The standard InChI is InChI=1S/C13H17NO/c15-11-14-10-13(8-4-5-9-13)12-6-2-1-3-7-12/h1-3,6-7,11H,4-5,8-10H2,(H,14,15). The van der Waals surface area contributed by atoms with Gasteiger partial charge in [0.25, 0.3) is 0 Å². The van der Waals surface area contributed by atoms with Gasteiger partial charge in [0.1, 0.15) is 0 Å². The zero-order chi connectivity index (χ0) is 10.6. The maximum absolute atomic E-state index is 10.4. The third-order valence-corrected chi connectivity index (χ3v) is 3.47. The van der Waals surface area contributed by atoms with Crippen LogP contribution in [0.15, 0.2) is 30.3 Å². The molecule has 0 bridgehead atoms. The predicted molar refractivity (Wildman–Crippen MR) is 60.7 cm³/mol. The normalized spacial score (nSPS) is 18.7. The van der Waals surface area contributed by atoms with Crippen LogP contribution in [-0.2, 0) is 10.2 Å². The molecule has 1 fully saturated rings. The van der Waals surface area contributed by atoms with Crippen LogP contribution in [0.3, 0.4) is 0 Å². The fourth-order valence-corrected chi connectivity index (χ4v) is 2.65. The number of carbonyl (C=O) groups excluding carboxylic acids is 1. The summed E-state index contributed by atoms with van der Waals surface area (Å²) in [6, 6.07) is 10.6. The molecule has 80 valence electrons. The van der Waals surface area contributed by atoms with E-state index in [-0.39, 0.29) is 5.41 Å².